The van der Waals surface area contributed by atoms with Crippen molar-refractivity contribution in [3.8, 4) is 5.75 Å². The van der Waals surface area contributed by atoms with Gasteiger partial charge in [-0.15, -0.1) is 0 Å². The number of carbonyl (C=O) groups excluding carboxylic acids is 1. The third kappa shape index (κ3) is 4.06. The van der Waals surface area contributed by atoms with Crippen molar-refractivity contribution in [3.63, 3.8) is 0 Å². The van der Waals surface area contributed by atoms with Crippen LogP contribution in [0.3, 0.4) is 0 Å². The van der Waals surface area contributed by atoms with E-state index in [0.29, 0.717) is 5.69 Å². The first-order valence-electron chi connectivity index (χ1n) is 5.57. The molecule has 1 amide bonds. The summed E-state index contributed by atoms with van der Waals surface area (Å²) in [4.78, 5) is 11.5. The third-order valence-electron chi connectivity index (χ3n) is 2.26. The van der Waals surface area contributed by atoms with Gasteiger partial charge in [-0.25, -0.2) is 8.78 Å². The van der Waals surface area contributed by atoms with E-state index in [2.05, 4.69) is 5.32 Å². The largest absolute Gasteiger partial charge is 0.484 e. The van der Waals surface area contributed by atoms with Gasteiger partial charge in [0.15, 0.2) is 6.61 Å². The van der Waals surface area contributed by atoms with Crippen LogP contribution in [0.4, 0.5) is 14.5 Å². The van der Waals surface area contributed by atoms with Crippen LogP contribution < -0.4 is 10.1 Å². The van der Waals surface area contributed by atoms with Crippen molar-refractivity contribution >= 4 is 11.6 Å². The van der Waals surface area contributed by atoms with Crippen molar-refractivity contribution in [1.29, 1.82) is 0 Å². The molecular weight excluding hydrogens is 252 g/mol. The predicted octanol–water partition coefficient (Wildman–Crippen LogP) is 2.98. The molecule has 98 valence electrons. The standard InChI is InChI=1S/C14H11F2NO2/c15-10-6-11(16)8-13(7-10)19-9-14(18)17-12-4-2-1-3-5-12/h1-8H,9H2,(H,17,18). The van der Waals surface area contributed by atoms with Crippen LogP contribution in [-0.4, -0.2) is 12.5 Å². The molecule has 5 heteroatoms. The highest BCUT2D eigenvalue weighted by Crippen LogP contribution is 2.15. The second kappa shape index (κ2) is 5.95. The molecule has 0 saturated heterocycles. The molecule has 0 fully saturated rings. The zero-order chi connectivity index (χ0) is 13.7. The maximum Gasteiger partial charge on any atom is 0.262 e. The van der Waals surface area contributed by atoms with E-state index in [4.69, 9.17) is 4.74 Å². The Morgan fingerprint density at radius 3 is 2.32 bits per heavy atom. The van der Waals surface area contributed by atoms with Crippen LogP contribution in [0, 0.1) is 11.6 Å². The molecule has 0 aliphatic rings. The van der Waals surface area contributed by atoms with Crippen molar-refractivity contribution in [2.45, 2.75) is 0 Å². The SMILES string of the molecule is O=C(COc1cc(F)cc(F)c1)Nc1ccccc1. The molecule has 0 bridgehead atoms. The summed E-state index contributed by atoms with van der Waals surface area (Å²) in [5.74, 6) is -1.94. The first-order chi connectivity index (χ1) is 9.13. The molecule has 19 heavy (non-hydrogen) atoms. The number of benzene rings is 2. The smallest absolute Gasteiger partial charge is 0.262 e. The zero-order valence-electron chi connectivity index (χ0n) is 9.90. The molecule has 0 aliphatic carbocycles. The number of halogens is 2. The minimum absolute atomic E-state index is 0.0271. The Morgan fingerprint density at radius 2 is 1.68 bits per heavy atom. The number of para-hydroxylation sites is 1. The molecule has 2 aromatic rings. The molecule has 0 radical (unpaired) electrons. The number of nitrogens with one attached hydrogen (secondary N) is 1. The molecule has 3 nitrogen and oxygen atoms in total. The molecule has 0 saturated carbocycles. The fourth-order valence-corrected chi connectivity index (χ4v) is 1.48. The maximum atomic E-state index is 12.9. The van der Waals surface area contributed by atoms with Crippen LogP contribution >= 0.6 is 0 Å². The average molecular weight is 263 g/mol. The van der Waals surface area contributed by atoms with Crippen LogP contribution in [0.1, 0.15) is 0 Å². The molecule has 2 aromatic carbocycles. The molecular formula is C14H11F2NO2. The Balaban J connectivity index is 1.90. The lowest BCUT2D eigenvalue weighted by Gasteiger charge is -2.07. The first-order valence-corrected chi connectivity index (χ1v) is 5.57. The summed E-state index contributed by atoms with van der Waals surface area (Å²) in [5.41, 5.74) is 0.626. The number of carbonyl (C=O) groups is 1. The lowest BCUT2D eigenvalue weighted by atomic mass is 10.3. The topological polar surface area (TPSA) is 38.3 Å². The van der Waals surface area contributed by atoms with Gasteiger partial charge in [0.2, 0.25) is 0 Å². The quantitative estimate of drug-likeness (QED) is 0.920. The summed E-state index contributed by atoms with van der Waals surface area (Å²) in [6.07, 6.45) is 0. The van der Waals surface area contributed by atoms with E-state index in [1.54, 1.807) is 24.3 Å². The molecule has 0 unspecified atom stereocenters. The monoisotopic (exact) mass is 263 g/mol. The van der Waals surface area contributed by atoms with Crippen molar-refractivity contribution < 1.29 is 18.3 Å². The zero-order valence-corrected chi connectivity index (χ0v) is 9.90. The molecule has 0 spiro atoms. The fourth-order valence-electron chi connectivity index (χ4n) is 1.48. The highest BCUT2D eigenvalue weighted by atomic mass is 19.1. The van der Waals surface area contributed by atoms with E-state index in [1.807, 2.05) is 6.07 Å². The van der Waals surface area contributed by atoms with Crippen molar-refractivity contribution in [3.05, 3.63) is 60.2 Å². The van der Waals surface area contributed by atoms with Gasteiger partial charge in [-0.05, 0) is 12.1 Å². The summed E-state index contributed by atoms with van der Waals surface area (Å²) in [6, 6.07) is 11.6. The van der Waals surface area contributed by atoms with E-state index in [9.17, 15) is 13.6 Å². The van der Waals surface area contributed by atoms with Crippen molar-refractivity contribution in [2.24, 2.45) is 0 Å². The summed E-state index contributed by atoms with van der Waals surface area (Å²) >= 11 is 0. The van der Waals surface area contributed by atoms with E-state index in [-0.39, 0.29) is 12.4 Å². The summed E-state index contributed by atoms with van der Waals surface area (Å²) < 4.78 is 30.8. The normalized spacial score (nSPS) is 10.0. The van der Waals surface area contributed by atoms with E-state index in [0.717, 1.165) is 18.2 Å². The van der Waals surface area contributed by atoms with Gasteiger partial charge in [0, 0.05) is 23.9 Å². The van der Waals surface area contributed by atoms with Gasteiger partial charge in [-0.3, -0.25) is 4.79 Å². The van der Waals surface area contributed by atoms with E-state index < -0.39 is 17.5 Å². The van der Waals surface area contributed by atoms with Crippen LogP contribution in [0.15, 0.2) is 48.5 Å². The van der Waals surface area contributed by atoms with Gasteiger partial charge in [0.05, 0.1) is 0 Å². The number of rotatable bonds is 4. The molecule has 1 N–H and O–H groups in total. The Labute approximate surface area is 108 Å². The van der Waals surface area contributed by atoms with Gasteiger partial charge >= 0.3 is 0 Å². The maximum absolute atomic E-state index is 12.9. The number of anilines is 1. The molecule has 2 rings (SSSR count). The van der Waals surface area contributed by atoms with Gasteiger partial charge < -0.3 is 10.1 Å². The highest BCUT2D eigenvalue weighted by Gasteiger charge is 2.05. The Bertz CT molecular complexity index is 553. The van der Waals surface area contributed by atoms with Crippen LogP contribution in [0.2, 0.25) is 0 Å². The number of ether oxygens (including phenoxy) is 1. The van der Waals surface area contributed by atoms with Gasteiger partial charge in [-0.1, -0.05) is 18.2 Å². The fraction of sp³-hybridized carbons (Fsp3) is 0.0714. The lowest BCUT2D eigenvalue weighted by Crippen LogP contribution is -2.20. The van der Waals surface area contributed by atoms with Crippen LogP contribution in [-0.2, 0) is 4.79 Å². The minimum Gasteiger partial charge on any atom is -0.484 e. The number of hydrogen-bond donors (Lipinski definition) is 1. The summed E-state index contributed by atoms with van der Waals surface area (Å²) in [5, 5.41) is 2.59. The third-order valence-corrected chi connectivity index (χ3v) is 2.26. The Kier molecular flexibility index (Phi) is 4.07. The second-order valence-electron chi connectivity index (χ2n) is 3.81. The van der Waals surface area contributed by atoms with Crippen LogP contribution in [0.25, 0.3) is 0 Å². The molecule has 0 atom stereocenters. The lowest BCUT2D eigenvalue weighted by molar-refractivity contribution is -0.118. The van der Waals surface area contributed by atoms with Gasteiger partial charge in [-0.2, -0.15) is 0 Å². The molecule has 0 aromatic heterocycles. The number of hydrogen-bond acceptors (Lipinski definition) is 2. The number of amides is 1. The second-order valence-corrected chi connectivity index (χ2v) is 3.81. The molecule has 0 aliphatic heterocycles. The predicted molar refractivity (Wildman–Crippen MR) is 66.9 cm³/mol. The highest BCUT2D eigenvalue weighted by molar-refractivity contribution is 5.91. The average Bonchev–Trinajstić information content (AvgIpc) is 2.36. The summed E-state index contributed by atoms with van der Waals surface area (Å²) in [6.45, 7) is -0.322. The van der Waals surface area contributed by atoms with Crippen molar-refractivity contribution in [2.75, 3.05) is 11.9 Å². The Hall–Kier alpha value is -2.43. The first kappa shape index (κ1) is 13.0. The van der Waals surface area contributed by atoms with Gasteiger partial charge in [0.25, 0.3) is 5.91 Å². The summed E-state index contributed by atoms with van der Waals surface area (Å²) in [7, 11) is 0. The van der Waals surface area contributed by atoms with Crippen LogP contribution in [0.5, 0.6) is 5.75 Å². The van der Waals surface area contributed by atoms with Crippen molar-refractivity contribution in [1.82, 2.24) is 0 Å². The minimum atomic E-state index is -0.751. The Morgan fingerprint density at radius 1 is 1.05 bits per heavy atom. The van der Waals surface area contributed by atoms with E-state index >= 15 is 0 Å². The van der Waals surface area contributed by atoms with Gasteiger partial charge in [0.1, 0.15) is 17.4 Å². The van der Waals surface area contributed by atoms with E-state index in [1.165, 1.54) is 0 Å². The molecule has 0 heterocycles.